The van der Waals surface area contributed by atoms with E-state index in [1.54, 1.807) is 6.92 Å². The number of nitrogens with zero attached hydrogens (tertiary/aromatic N) is 1. The molecule has 0 spiro atoms. The lowest BCUT2D eigenvalue weighted by Gasteiger charge is -2.32. The summed E-state index contributed by atoms with van der Waals surface area (Å²) < 4.78 is 4.89. The van der Waals surface area contributed by atoms with Gasteiger partial charge in [0, 0.05) is 10.3 Å². The van der Waals surface area contributed by atoms with Gasteiger partial charge in [-0.25, -0.2) is 0 Å². The van der Waals surface area contributed by atoms with E-state index in [1.807, 2.05) is 0 Å². The summed E-state index contributed by atoms with van der Waals surface area (Å²) in [7, 11) is 0. The van der Waals surface area contributed by atoms with Gasteiger partial charge in [-0.1, -0.05) is 19.3 Å². The Morgan fingerprint density at radius 2 is 2.00 bits per heavy atom. The van der Waals surface area contributed by atoms with E-state index in [-0.39, 0.29) is 23.9 Å². The Morgan fingerprint density at radius 3 is 2.50 bits per heavy atom. The zero-order valence-corrected chi connectivity index (χ0v) is 9.74. The van der Waals surface area contributed by atoms with Crippen LogP contribution in [0.1, 0.15) is 45.4 Å². The van der Waals surface area contributed by atoms with Crippen molar-refractivity contribution in [2.75, 3.05) is 13.2 Å². The summed E-state index contributed by atoms with van der Waals surface area (Å²) in [5, 5.41) is 10.7. The van der Waals surface area contributed by atoms with Gasteiger partial charge in [-0.05, 0) is 19.8 Å². The van der Waals surface area contributed by atoms with Crippen LogP contribution in [-0.2, 0) is 9.53 Å². The van der Waals surface area contributed by atoms with Crippen molar-refractivity contribution in [2.24, 2.45) is 5.41 Å². The molecule has 0 aromatic carbocycles. The Kier molecular flexibility index (Phi) is 4.71. The lowest BCUT2D eigenvalue weighted by Crippen LogP contribution is -2.35. The molecule has 0 atom stereocenters. The summed E-state index contributed by atoms with van der Waals surface area (Å²) >= 11 is 0. The van der Waals surface area contributed by atoms with E-state index >= 15 is 0 Å². The Labute approximate surface area is 95.3 Å². The predicted molar refractivity (Wildman–Crippen MR) is 58.6 cm³/mol. The number of ether oxygens (including phenoxy) is 1. The van der Waals surface area contributed by atoms with Crippen molar-refractivity contribution >= 4 is 5.97 Å². The minimum atomic E-state index is -0.450. The zero-order chi connectivity index (χ0) is 12.0. The van der Waals surface area contributed by atoms with Gasteiger partial charge < -0.3 is 4.74 Å². The maximum absolute atomic E-state index is 11.5. The van der Waals surface area contributed by atoms with Crippen LogP contribution in [0.3, 0.4) is 0 Å². The molecule has 5 heteroatoms. The lowest BCUT2D eigenvalue weighted by atomic mass is 9.72. The van der Waals surface area contributed by atoms with Gasteiger partial charge in [0.15, 0.2) is 0 Å². The molecule has 0 heterocycles. The molecule has 0 N–H and O–H groups in total. The third-order valence-corrected chi connectivity index (χ3v) is 3.20. The third-order valence-electron chi connectivity index (χ3n) is 3.20. The smallest absolute Gasteiger partial charge is 0.306 e. The molecule has 5 nitrogen and oxygen atoms in total. The van der Waals surface area contributed by atoms with Gasteiger partial charge in [0.05, 0.1) is 13.0 Å². The molecule has 1 aliphatic rings. The number of hydrogen-bond donors (Lipinski definition) is 0. The molecule has 16 heavy (non-hydrogen) atoms. The standard InChI is InChI=1S/C11H19NO4/c1-2-16-10(13)8-11(9-12(14)15)6-4-3-5-7-11/h2-9H2,1H3. The van der Waals surface area contributed by atoms with Gasteiger partial charge in [0.1, 0.15) is 0 Å². The van der Waals surface area contributed by atoms with Crippen molar-refractivity contribution in [2.45, 2.75) is 45.4 Å². The molecule has 1 fully saturated rings. The molecule has 0 unspecified atom stereocenters. The quantitative estimate of drug-likeness (QED) is 0.411. The van der Waals surface area contributed by atoms with Crippen molar-refractivity contribution in [1.82, 2.24) is 0 Å². The van der Waals surface area contributed by atoms with Crippen LogP contribution in [0, 0.1) is 15.5 Å². The maximum Gasteiger partial charge on any atom is 0.306 e. The molecule has 1 rings (SSSR count). The van der Waals surface area contributed by atoms with E-state index in [2.05, 4.69) is 0 Å². The van der Waals surface area contributed by atoms with Crippen LogP contribution in [0.4, 0.5) is 0 Å². The highest BCUT2D eigenvalue weighted by Crippen LogP contribution is 2.39. The molecule has 1 saturated carbocycles. The van der Waals surface area contributed by atoms with Gasteiger partial charge in [-0.15, -0.1) is 0 Å². The van der Waals surface area contributed by atoms with Crippen molar-refractivity contribution in [1.29, 1.82) is 0 Å². The first-order chi connectivity index (χ1) is 7.58. The van der Waals surface area contributed by atoms with Gasteiger partial charge in [-0.2, -0.15) is 0 Å². The van der Waals surface area contributed by atoms with Crippen LogP contribution in [0.5, 0.6) is 0 Å². The number of carbonyl (C=O) groups is 1. The Hall–Kier alpha value is -1.13. The number of rotatable bonds is 5. The van der Waals surface area contributed by atoms with Crippen LogP contribution in [0.2, 0.25) is 0 Å². The highest BCUT2D eigenvalue weighted by atomic mass is 16.6. The minimum Gasteiger partial charge on any atom is -0.466 e. The van der Waals surface area contributed by atoms with E-state index in [0.717, 1.165) is 32.1 Å². The molecule has 0 radical (unpaired) electrons. The summed E-state index contributed by atoms with van der Waals surface area (Å²) in [4.78, 5) is 21.8. The van der Waals surface area contributed by atoms with Crippen molar-refractivity contribution in [3.05, 3.63) is 10.1 Å². The first-order valence-corrected chi connectivity index (χ1v) is 5.85. The molecule has 1 aliphatic carbocycles. The van der Waals surface area contributed by atoms with Crippen LogP contribution in [0.25, 0.3) is 0 Å². The van der Waals surface area contributed by atoms with Gasteiger partial charge >= 0.3 is 5.97 Å². The topological polar surface area (TPSA) is 69.4 Å². The molecule has 0 saturated heterocycles. The van der Waals surface area contributed by atoms with E-state index < -0.39 is 5.41 Å². The summed E-state index contributed by atoms with van der Waals surface area (Å²) in [5.41, 5.74) is -0.450. The highest BCUT2D eigenvalue weighted by Gasteiger charge is 2.39. The molecule has 0 amide bonds. The predicted octanol–water partition coefficient (Wildman–Crippen LogP) is 2.17. The van der Waals surface area contributed by atoms with E-state index in [0.29, 0.717) is 6.61 Å². The second kappa shape index (κ2) is 5.82. The Morgan fingerprint density at radius 1 is 1.38 bits per heavy atom. The minimum absolute atomic E-state index is 0.105. The molecule has 0 aromatic heterocycles. The SMILES string of the molecule is CCOC(=O)CC1(C[N+](=O)[O-])CCCCC1. The molecule has 0 bridgehead atoms. The number of hydrogen-bond acceptors (Lipinski definition) is 4. The van der Waals surface area contributed by atoms with Crippen molar-refractivity contribution < 1.29 is 14.5 Å². The van der Waals surface area contributed by atoms with Crippen molar-refractivity contribution in [3.8, 4) is 0 Å². The Bertz CT molecular complexity index is 259. The molecule has 92 valence electrons. The second-order valence-electron chi connectivity index (χ2n) is 4.53. The maximum atomic E-state index is 11.5. The van der Waals surface area contributed by atoms with Gasteiger partial charge in [0.2, 0.25) is 6.54 Å². The highest BCUT2D eigenvalue weighted by molar-refractivity contribution is 5.70. The third kappa shape index (κ3) is 3.79. The zero-order valence-electron chi connectivity index (χ0n) is 9.74. The number of nitro groups is 1. The Balaban J connectivity index is 2.62. The average Bonchev–Trinajstić information content (AvgIpc) is 2.17. The van der Waals surface area contributed by atoms with Crippen LogP contribution < -0.4 is 0 Å². The molecular formula is C11H19NO4. The monoisotopic (exact) mass is 229 g/mol. The largest absolute Gasteiger partial charge is 0.466 e. The normalized spacial score (nSPS) is 19.1. The fourth-order valence-electron chi connectivity index (χ4n) is 2.48. The van der Waals surface area contributed by atoms with E-state index in [1.165, 1.54) is 0 Å². The fourth-order valence-corrected chi connectivity index (χ4v) is 2.48. The van der Waals surface area contributed by atoms with Crippen molar-refractivity contribution in [3.63, 3.8) is 0 Å². The second-order valence-corrected chi connectivity index (χ2v) is 4.53. The number of esters is 1. The summed E-state index contributed by atoms with van der Waals surface area (Å²) in [6.45, 7) is 1.98. The molecular weight excluding hydrogens is 210 g/mol. The van der Waals surface area contributed by atoms with Crippen LogP contribution >= 0.6 is 0 Å². The van der Waals surface area contributed by atoms with Crippen LogP contribution in [0.15, 0.2) is 0 Å². The first kappa shape index (κ1) is 12.9. The van der Waals surface area contributed by atoms with Gasteiger partial charge in [-0.3, -0.25) is 14.9 Å². The average molecular weight is 229 g/mol. The summed E-state index contributed by atoms with van der Waals surface area (Å²) in [6, 6.07) is 0. The summed E-state index contributed by atoms with van der Waals surface area (Å²) in [5.74, 6) is -0.300. The summed E-state index contributed by atoms with van der Waals surface area (Å²) in [6.07, 6.45) is 4.81. The van der Waals surface area contributed by atoms with Gasteiger partial charge in [0.25, 0.3) is 0 Å². The first-order valence-electron chi connectivity index (χ1n) is 5.85. The number of carbonyl (C=O) groups excluding carboxylic acids is 1. The van der Waals surface area contributed by atoms with E-state index in [4.69, 9.17) is 4.74 Å². The fraction of sp³-hybridized carbons (Fsp3) is 0.909. The van der Waals surface area contributed by atoms with E-state index in [9.17, 15) is 14.9 Å². The molecule has 0 aromatic rings. The van der Waals surface area contributed by atoms with Crippen LogP contribution in [-0.4, -0.2) is 24.0 Å². The molecule has 0 aliphatic heterocycles. The lowest BCUT2D eigenvalue weighted by molar-refractivity contribution is -0.498.